The number of amides is 2. The molecule has 1 unspecified atom stereocenters. The quantitative estimate of drug-likeness (QED) is 0.573. The van der Waals surface area contributed by atoms with Gasteiger partial charge in [-0.2, -0.15) is 0 Å². The van der Waals surface area contributed by atoms with Crippen molar-refractivity contribution >= 4 is 11.8 Å². The molecule has 1 aliphatic rings. The van der Waals surface area contributed by atoms with Crippen molar-refractivity contribution in [3.05, 3.63) is 83.0 Å². The number of piperidine rings is 1. The second-order valence-electron chi connectivity index (χ2n) is 8.72. The number of aryl methyl sites for hydroxylation is 2. The van der Waals surface area contributed by atoms with Crippen LogP contribution in [0.1, 0.15) is 50.7 Å². The molecule has 3 heterocycles. The van der Waals surface area contributed by atoms with Crippen LogP contribution in [0.15, 0.2) is 59.3 Å². The van der Waals surface area contributed by atoms with Gasteiger partial charge in [-0.15, -0.1) is 0 Å². The highest BCUT2D eigenvalue weighted by molar-refractivity contribution is 5.96. The van der Waals surface area contributed by atoms with E-state index in [0.29, 0.717) is 35.8 Å². The predicted molar refractivity (Wildman–Crippen MR) is 125 cm³/mol. The molecule has 172 valence electrons. The minimum Gasteiger partial charge on any atom is -0.361 e. The molecule has 1 aliphatic heterocycles. The van der Waals surface area contributed by atoms with Crippen molar-refractivity contribution in [1.82, 2.24) is 19.9 Å². The zero-order valence-electron chi connectivity index (χ0n) is 19.4. The first-order valence-corrected chi connectivity index (χ1v) is 11.4. The lowest BCUT2D eigenvalue weighted by Gasteiger charge is -2.40. The van der Waals surface area contributed by atoms with Gasteiger partial charge in [-0.3, -0.25) is 14.6 Å². The fourth-order valence-electron chi connectivity index (χ4n) is 4.73. The third kappa shape index (κ3) is 4.97. The number of likely N-dealkylation sites (tertiary alicyclic amines) is 1. The van der Waals surface area contributed by atoms with Crippen LogP contribution in [0.5, 0.6) is 0 Å². The van der Waals surface area contributed by atoms with Crippen LogP contribution < -0.4 is 0 Å². The summed E-state index contributed by atoms with van der Waals surface area (Å²) in [4.78, 5) is 34.2. The fourth-order valence-corrected chi connectivity index (χ4v) is 4.73. The van der Waals surface area contributed by atoms with Crippen molar-refractivity contribution in [2.45, 2.75) is 39.2 Å². The summed E-state index contributed by atoms with van der Waals surface area (Å²) in [6.07, 6.45) is 4.06. The maximum atomic E-state index is 13.2. The molecule has 0 N–H and O–H groups in total. The molecule has 1 fully saturated rings. The molecule has 0 radical (unpaired) electrons. The monoisotopic (exact) mass is 446 g/mol. The van der Waals surface area contributed by atoms with Crippen LogP contribution in [0, 0.1) is 19.8 Å². The Labute approximate surface area is 194 Å². The summed E-state index contributed by atoms with van der Waals surface area (Å²) in [5.74, 6) is 0.729. The number of benzene rings is 1. The van der Waals surface area contributed by atoms with Gasteiger partial charge in [-0.25, -0.2) is 0 Å². The molecule has 1 aromatic carbocycles. The van der Waals surface area contributed by atoms with E-state index in [4.69, 9.17) is 4.52 Å². The standard InChI is InChI=1S/C26H30N4O3/c1-18-24(19(2)33-28-18)26(32)30-15-12-21(13-16-30)23(17-20-9-5-4-6-10-20)29(3)25(31)22-11-7-8-14-27-22/h4-11,14,21,23H,12-13,15-17H2,1-3H3. The van der Waals surface area contributed by atoms with E-state index in [1.54, 1.807) is 26.1 Å². The molecule has 0 saturated carbocycles. The van der Waals surface area contributed by atoms with Gasteiger partial charge in [0.05, 0.1) is 5.69 Å². The van der Waals surface area contributed by atoms with Crippen molar-refractivity contribution in [2.24, 2.45) is 5.92 Å². The fraction of sp³-hybridized carbons (Fsp3) is 0.385. The lowest BCUT2D eigenvalue weighted by atomic mass is 9.84. The molecule has 1 saturated heterocycles. The molecule has 7 heteroatoms. The number of aromatic nitrogens is 2. The number of hydrogen-bond donors (Lipinski definition) is 0. The van der Waals surface area contributed by atoms with Crippen LogP contribution in [-0.4, -0.2) is 57.9 Å². The van der Waals surface area contributed by atoms with Crippen LogP contribution in [-0.2, 0) is 6.42 Å². The van der Waals surface area contributed by atoms with Gasteiger partial charge in [0.2, 0.25) is 0 Å². The van der Waals surface area contributed by atoms with Gasteiger partial charge in [-0.05, 0) is 56.7 Å². The molecule has 7 nitrogen and oxygen atoms in total. The van der Waals surface area contributed by atoms with Gasteiger partial charge >= 0.3 is 0 Å². The number of nitrogens with zero attached hydrogens (tertiary/aromatic N) is 4. The van der Waals surface area contributed by atoms with E-state index in [-0.39, 0.29) is 23.8 Å². The third-order valence-electron chi connectivity index (χ3n) is 6.61. The average Bonchev–Trinajstić information content (AvgIpc) is 3.20. The van der Waals surface area contributed by atoms with Crippen molar-refractivity contribution in [1.29, 1.82) is 0 Å². The van der Waals surface area contributed by atoms with E-state index in [2.05, 4.69) is 22.3 Å². The first-order chi connectivity index (χ1) is 16.0. The smallest absolute Gasteiger partial charge is 0.272 e. The predicted octanol–water partition coefficient (Wildman–Crippen LogP) is 3.92. The van der Waals surface area contributed by atoms with Gasteiger partial charge in [0.25, 0.3) is 11.8 Å². The molecule has 2 aromatic heterocycles. The summed E-state index contributed by atoms with van der Waals surface area (Å²) in [6, 6.07) is 15.7. The number of likely N-dealkylation sites (N-methyl/N-ethyl adjacent to an activating group) is 1. The summed E-state index contributed by atoms with van der Waals surface area (Å²) in [5.41, 5.74) is 2.83. The van der Waals surface area contributed by atoms with Crippen LogP contribution >= 0.6 is 0 Å². The zero-order valence-corrected chi connectivity index (χ0v) is 19.4. The van der Waals surface area contributed by atoms with Gasteiger partial charge in [0.1, 0.15) is 17.0 Å². The van der Waals surface area contributed by atoms with E-state index in [1.165, 1.54) is 5.56 Å². The highest BCUT2D eigenvalue weighted by atomic mass is 16.5. The Bertz CT molecular complexity index is 1070. The number of carbonyl (C=O) groups excluding carboxylic acids is 2. The van der Waals surface area contributed by atoms with Crippen LogP contribution in [0.25, 0.3) is 0 Å². The van der Waals surface area contributed by atoms with Gasteiger partial charge in [0, 0.05) is 32.4 Å². The molecule has 4 rings (SSSR count). The van der Waals surface area contributed by atoms with Crippen molar-refractivity contribution in [3.8, 4) is 0 Å². The second-order valence-corrected chi connectivity index (χ2v) is 8.72. The molecular formula is C26H30N4O3. The van der Waals surface area contributed by atoms with Crippen LogP contribution in [0.4, 0.5) is 0 Å². The molecule has 2 amide bonds. The van der Waals surface area contributed by atoms with E-state index < -0.39 is 0 Å². The molecule has 0 spiro atoms. The molecular weight excluding hydrogens is 416 g/mol. The molecule has 0 bridgehead atoms. The molecule has 33 heavy (non-hydrogen) atoms. The summed E-state index contributed by atoms with van der Waals surface area (Å²) < 4.78 is 5.19. The Morgan fingerprint density at radius 3 is 2.39 bits per heavy atom. The van der Waals surface area contributed by atoms with Crippen LogP contribution in [0.2, 0.25) is 0 Å². The lowest BCUT2D eigenvalue weighted by Crippen LogP contribution is -2.48. The lowest BCUT2D eigenvalue weighted by molar-refractivity contribution is 0.0518. The Morgan fingerprint density at radius 1 is 1.09 bits per heavy atom. The Hall–Kier alpha value is -3.48. The van der Waals surface area contributed by atoms with Crippen LogP contribution in [0.3, 0.4) is 0 Å². The van der Waals surface area contributed by atoms with E-state index in [9.17, 15) is 9.59 Å². The maximum Gasteiger partial charge on any atom is 0.272 e. The third-order valence-corrected chi connectivity index (χ3v) is 6.61. The van der Waals surface area contributed by atoms with Crippen molar-refractivity contribution < 1.29 is 14.1 Å². The summed E-state index contributed by atoms with van der Waals surface area (Å²) in [6.45, 7) is 4.85. The number of carbonyl (C=O) groups is 2. The summed E-state index contributed by atoms with van der Waals surface area (Å²) >= 11 is 0. The molecule has 1 atom stereocenters. The molecule has 0 aliphatic carbocycles. The first-order valence-electron chi connectivity index (χ1n) is 11.4. The Kier molecular flexibility index (Phi) is 6.87. The van der Waals surface area contributed by atoms with Crippen molar-refractivity contribution in [3.63, 3.8) is 0 Å². The van der Waals surface area contributed by atoms with Gasteiger partial charge < -0.3 is 14.3 Å². The van der Waals surface area contributed by atoms with Gasteiger partial charge in [0.15, 0.2) is 0 Å². The van der Waals surface area contributed by atoms with Gasteiger partial charge in [-0.1, -0.05) is 41.6 Å². The Morgan fingerprint density at radius 2 is 1.79 bits per heavy atom. The number of pyridine rings is 1. The SMILES string of the molecule is Cc1noc(C)c1C(=O)N1CCC(C(Cc2ccccc2)N(C)C(=O)c2ccccn2)CC1. The first kappa shape index (κ1) is 22.7. The largest absolute Gasteiger partial charge is 0.361 e. The normalized spacial score (nSPS) is 15.3. The highest BCUT2D eigenvalue weighted by Crippen LogP contribution is 2.28. The van der Waals surface area contributed by atoms with Crippen molar-refractivity contribution in [2.75, 3.05) is 20.1 Å². The highest BCUT2D eigenvalue weighted by Gasteiger charge is 2.34. The van der Waals surface area contributed by atoms with E-state index in [1.807, 2.05) is 47.2 Å². The minimum atomic E-state index is -0.0780. The summed E-state index contributed by atoms with van der Waals surface area (Å²) in [7, 11) is 1.87. The van der Waals surface area contributed by atoms with E-state index in [0.717, 1.165) is 19.3 Å². The second kappa shape index (κ2) is 9.98. The minimum absolute atomic E-state index is 0.0122. The maximum absolute atomic E-state index is 13.2. The molecule has 3 aromatic rings. The number of hydrogen-bond acceptors (Lipinski definition) is 5. The summed E-state index contributed by atoms with van der Waals surface area (Å²) in [5, 5.41) is 3.92. The average molecular weight is 447 g/mol. The topological polar surface area (TPSA) is 79.5 Å². The van der Waals surface area contributed by atoms with E-state index >= 15 is 0 Å². The Balaban J connectivity index is 1.50. The zero-order chi connectivity index (χ0) is 23.4. The number of rotatable bonds is 6.